The first kappa shape index (κ1) is 7.40. The van der Waals surface area contributed by atoms with E-state index in [9.17, 15) is 0 Å². The van der Waals surface area contributed by atoms with E-state index in [2.05, 4.69) is 11.9 Å². The fourth-order valence-electron chi connectivity index (χ4n) is 1.28. The highest BCUT2D eigenvalue weighted by Gasteiger charge is 2.15. The molecule has 0 saturated carbocycles. The molecular weight excluding hydrogens is 154 g/mol. The fraction of sp³-hybridized carbons (Fsp3) is 0.444. The SMILES string of the molecule is CCc1ccnc2c1OCCO2. The number of ether oxygens (including phenoxy) is 2. The van der Waals surface area contributed by atoms with Gasteiger partial charge in [0.1, 0.15) is 13.2 Å². The van der Waals surface area contributed by atoms with E-state index in [1.165, 1.54) is 5.56 Å². The molecule has 2 heterocycles. The molecule has 1 aromatic rings. The highest BCUT2D eigenvalue weighted by Crippen LogP contribution is 2.31. The summed E-state index contributed by atoms with van der Waals surface area (Å²) < 4.78 is 10.8. The lowest BCUT2D eigenvalue weighted by Crippen LogP contribution is -2.17. The van der Waals surface area contributed by atoms with Crippen LogP contribution in [0.1, 0.15) is 12.5 Å². The summed E-state index contributed by atoms with van der Waals surface area (Å²) in [7, 11) is 0. The third-order valence-electron chi connectivity index (χ3n) is 1.90. The van der Waals surface area contributed by atoms with Crippen molar-refractivity contribution in [2.75, 3.05) is 13.2 Å². The minimum atomic E-state index is 0.604. The highest BCUT2D eigenvalue weighted by atomic mass is 16.6. The summed E-state index contributed by atoms with van der Waals surface area (Å²) >= 11 is 0. The molecule has 0 atom stereocenters. The van der Waals surface area contributed by atoms with Crippen LogP contribution in [0, 0.1) is 0 Å². The molecule has 0 aromatic carbocycles. The molecule has 0 radical (unpaired) electrons. The van der Waals surface area contributed by atoms with Crippen molar-refractivity contribution in [3.8, 4) is 11.6 Å². The minimum Gasteiger partial charge on any atom is -0.484 e. The molecule has 1 aromatic heterocycles. The maximum absolute atomic E-state index is 5.46. The van der Waals surface area contributed by atoms with Crippen LogP contribution < -0.4 is 9.47 Å². The lowest BCUT2D eigenvalue weighted by atomic mass is 10.2. The van der Waals surface area contributed by atoms with E-state index in [-0.39, 0.29) is 0 Å². The normalized spacial score (nSPS) is 14.4. The van der Waals surface area contributed by atoms with Gasteiger partial charge in [-0.15, -0.1) is 0 Å². The lowest BCUT2D eigenvalue weighted by Gasteiger charge is -2.18. The first-order chi connectivity index (χ1) is 5.92. The Morgan fingerprint density at radius 3 is 3.08 bits per heavy atom. The molecule has 0 spiro atoms. The quantitative estimate of drug-likeness (QED) is 0.630. The van der Waals surface area contributed by atoms with E-state index in [1.807, 2.05) is 6.07 Å². The Morgan fingerprint density at radius 1 is 1.42 bits per heavy atom. The third kappa shape index (κ3) is 1.11. The van der Waals surface area contributed by atoms with E-state index in [0.717, 1.165) is 12.2 Å². The minimum absolute atomic E-state index is 0.604. The van der Waals surface area contributed by atoms with Crippen molar-refractivity contribution in [2.24, 2.45) is 0 Å². The summed E-state index contributed by atoms with van der Waals surface area (Å²) in [6.07, 6.45) is 2.71. The molecule has 0 bridgehead atoms. The molecule has 1 aliphatic heterocycles. The first-order valence-corrected chi connectivity index (χ1v) is 4.15. The van der Waals surface area contributed by atoms with Gasteiger partial charge in [-0.3, -0.25) is 0 Å². The molecule has 0 fully saturated rings. The van der Waals surface area contributed by atoms with E-state index < -0.39 is 0 Å². The monoisotopic (exact) mass is 165 g/mol. The molecule has 0 amide bonds. The fourth-order valence-corrected chi connectivity index (χ4v) is 1.28. The van der Waals surface area contributed by atoms with Crippen LogP contribution in [0.4, 0.5) is 0 Å². The number of fused-ring (bicyclic) bond motifs is 1. The molecular formula is C9H11NO2. The van der Waals surface area contributed by atoms with Crippen molar-refractivity contribution in [1.29, 1.82) is 0 Å². The molecule has 3 nitrogen and oxygen atoms in total. The molecule has 0 unspecified atom stereocenters. The predicted molar refractivity (Wildman–Crippen MR) is 44.6 cm³/mol. The van der Waals surface area contributed by atoms with Gasteiger partial charge in [-0.25, -0.2) is 4.98 Å². The number of hydrogen-bond donors (Lipinski definition) is 0. The van der Waals surface area contributed by atoms with Crippen molar-refractivity contribution in [2.45, 2.75) is 13.3 Å². The zero-order valence-corrected chi connectivity index (χ0v) is 7.04. The summed E-state index contributed by atoms with van der Waals surface area (Å²) in [6, 6.07) is 1.97. The third-order valence-corrected chi connectivity index (χ3v) is 1.90. The molecule has 3 heteroatoms. The molecule has 0 aliphatic carbocycles. The van der Waals surface area contributed by atoms with Crippen molar-refractivity contribution in [3.05, 3.63) is 17.8 Å². The number of aromatic nitrogens is 1. The van der Waals surface area contributed by atoms with Crippen molar-refractivity contribution in [3.63, 3.8) is 0 Å². The van der Waals surface area contributed by atoms with Crippen molar-refractivity contribution in [1.82, 2.24) is 4.98 Å². The zero-order chi connectivity index (χ0) is 8.39. The Balaban J connectivity index is 2.44. The first-order valence-electron chi connectivity index (χ1n) is 4.15. The van der Waals surface area contributed by atoms with Gasteiger partial charge in [0.05, 0.1) is 0 Å². The van der Waals surface area contributed by atoms with Crippen LogP contribution in [0.15, 0.2) is 12.3 Å². The molecule has 0 saturated heterocycles. The molecule has 64 valence electrons. The Morgan fingerprint density at radius 2 is 2.25 bits per heavy atom. The van der Waals surface area contributed by atoms with Gasteiger partial charge < -0.3 is 9.47 Å². The summed E-state index contributed by atoms with van der Waals surface area (Å²) in [6.45, 7) is 3.33. The van der Waals surface area contributed by atoms with Gasteiger partial charge in [0.15, 0.2) is 5.75 Å². The van der Waals surface area contributed by atoms with Crippen molar-refractivity contribution >= 4 is 0 Å². The van der Waals surface area contributed by atoms with Crippen LogP contribution in [-0.4, -0.2) is 18.2 Å². The number of nitrogens with zero attached hydrogens (tertiary/aromatic N) is 1. The molecule has 1 aliphatic rings. The largest absolute Gasteiger partial charge is 0.484 e. The Kier molecular flexibility index (Phi) is 1.86. The second kappa shape index (κ2) is 3.01. The van der Waals surface area contributed by atoms with Crippen LogP contribution in [0.3, 0.4) is 0 Å². The summed E-state index contributed by atoms with van der Waals surface area (Å²) in [5.74, 6) is 1.46. The van der Waals surface area contributed by atoms with Gasteiger partial charge in [0.25, 0.3) is 5.88 Å². The Labute approximate surface area is 71.3 Å². The molecule has 12 heavy (non-hydrogen) atoms. The number of aryl methyl sites for hydroxylation is 1. The number of hydrogen-bond acceptors (Lipinski definition) is 3. The predicted octanol–water partition coefficient (Wildman–Crippen LogP) is 1.42. The van der Waals surface area contributed by atoms with Gasteiger partial charge in [-0.1, -0.05) is 6.92 Å². The van der Waals surface area contributed by atoms with Crippen LogP contribution in [0.5, 0.6) is 11.6 Å². The lowest BCUT2D eigenvalue weighted by molar-refractivity contribution is 0.163. The summed E-state index contributed by atoms with van der Waals surface area (Å²) in [5, 5.41) is 0. The standard InChI is InChI=1S/C9H11NO2/c1-2-7-3-4-10-9-8(7)11-5-6-12-9/h3-4H,2,5-6H2,1H3. The van der Waals surface area contributed by atoms with Crippen molar-refractivity contribution < 1.29 is 9.47 Å². The van der Waals surface area contributed by atoms with Crippen LogP contribution in [0.2, 0.25) is 0 Å². The van der Waals surface area contributed by atoms with Gasteiger partial charge in [-0.05, 0) is 12.5 Å². The molecule has 0 N–H and O–H groups in total. The Bertz CT molecular complexity index is 272. The van der Waals surface area contributed by atoms with Gasteiger partial charge in [0, 0.05) is 11.8 Å². The topological polar surface area (TPSA) is 31.4 Å². The van der Waals surface area contributed by atoms with E-state index in [0.29, 0.717) is 19.1 Å². The highest BCUT2D eigenvalue weighted by molar-refractivity contribution is 5.42. The van der Waals surface area contributed by atoms with Crippen LogP contribution in [-0.2, 0) is 6.42 Å². The van der Waals surface area contributed by atoms with Gasteiger partial charge >= 0.3 is 0 Å². The van der Waals surface area contributed by atoms with Crippen LogP contribution >= 0.6 is 0 Å². The number of pyridine rings is 1. The number of rotatable bonds is 1. The van der Waals surface area contributed by atoms with Gasteiger partial charge in [-0.2, -0.15) is 0 Å². The van der Waals surface area contributed by atoms with Crippen LogP contribution in [0.25, 0.3) is 0 Å². The van der Waals surface area contributed by atoms with Gasteiger partial charge in [0.2, 0.25) is 0 Å². The second-order valence-corrected chi connectivity index (χ2v) is 2.65. The van der Waals surface area contributed by atoms with E-state index >= 15 is 0 Å². The average molecular weight is 165 g/mol. The maximum Gasteiger partial charge on any atom is 0.257 e. The maximum atomic E-state index is 5.46. The molecule has 2 rings (SSSR count). The smallest absolute Gasteiger partial charge is 0.257 e. The Hall–Kier alpha value is -1.25. The van der Waals surface area contributed by atoms with E-state index in [4.69, 9.17) is 9.47 Å². The second-order valence-electron chi connectivity index (χ2n) is 2.65. The summed E-state index contributed by atoms with van der Waals surface area (Å²) in [4.78, 5) is 4.08. The average Bonchev–Trinajstić information content (AvgIpc) is 2.17. The summed E-state index contributed by atoms with van der Waals surface area (Å²) in [5.41, 5.74) is 1.17. The van der Waals surface area contributed by atoms with E-state index in [1.54, 1.807) is 6.20 Å². The zero-order valence-electron chi connectivity index (χ0n) is 7.04.